The average Bonchev–Trinajstić information content (AvgIpc) is 3.55. The molecule has 0 amide bonds. The summed E-state index contributed by atoms with van der Waals surface area (Å²) in [7, 11) is -4.64. The molecule has 37 heavy (non-hydrogen) atoms. The van der Waals surface area contributed by atoms with Crippen molar-refractivity contribution in [3.63, 3.8) is 0 Å². The van der Waals surface area contributed by atoms with Gasteiger partial charge in [0.1, 0.15) is 17.3 Å². The standard InChI is InChI=1S/C26H29FN3O6P/c27-25-13-12-24(36-25)20-15-19(22-16-29-26(30-22)21(28)17-35-37(31,32)33)10-11-23(20)34-14-6-2-5-9-18-7-3-1-4-8-18/h1,3-4,7-8,10-13,15-16,21H,2,5-6,9,14,17,28H2,(H,29,30)(H2,31,32,33). The molecule has 0 fully saturated rings. The number of hydrogen-bond acceptors (Lipinski definition) is 6. The van der Waals surface area contributed by atoms with Crippen LogP contribution in [0.1, 0.15) is 36.7 Å². The lowest BCUT2D eigenvalue weighted by Gasteiger charge is -2.12. The van der Waals surface area contributed by atoms with E-state index in [0.29, 0.717) is 40.8 Å². The second kappa shape index (κ2) is 12.3. The topological polar surface area (TPSA) is 144 Å². The Hall–Kier alpha value is -3.27. The van der Waals surface area contributed by atoms with E-state index in [9.17, 15) is 8.96 Å². The molecule has 5 N–H and O–H groups in total. The largest absolute Gasteiger partial charge is 0.493 e. The van der Waals surface area contributed by atoms with Crippen LogP contribution >= 0.6 is 7.82 Å². The number of nitrogens with zero attached hydrogens (tertiary/aromatic N) is 1. The Morgan fingerprint density at radius 3 is 2.62 bits per heavy atom. The van der Waals surface area contributed by atoms with Crippen LogP contribution in [0.5, 0.6) is 5.75 Å². The number of aromatic nitrogens is 2. The van der Waals surface area contributed by atoms with Gasteiger partial charge in [-0.1, -0.05) is 30.3 Å². The third-order valence-corrected chi connectivity index (χ3v) is 6.18. The number of H-pyrrole nitrogens is 1. The lowest BCUT2D eigenvalue weighted by atomic mass is 10.1. The van der Waals surface area contributed by atoms with Crippen molar-refractivity contribution in [1.29, 1.82) is 0 Å². The molecule has 11 heteroatoms. The predicted octanol–water partition coefficient (Wildman–Crippen LogP) is 5.38. The molecule has 0 aliphatic rings. The summed E-state index contributed by atoms with van der Waals surface area (Å²) in [6, 6.07) is 16.9. The van der Waals surface area contributed by atoms with Crippen LogP contribution in [0.25, 0.3) is 22.6 Å². The Labute approximate surface area is 213 Å². The third kappa shape index (κ3) is 7.85. The highest BCUT2D eigenvalue weighted by molar-refractivity contribution is 7.46. The summed E-state index contributed by atoms with van der Waals surface area (Å²) in [6.45, 7) is 0.0948. The SMILES string of the molecule is NC(COP(=O)(O)O)c1nc(-c2ccc(OCCCCCc3ccccc3)c(-c3ccc(F)o3)c2)c[nH]1. The summed E-state index contributed by atoms with van der Waals surface area (Å²) in [4.78, 5) is 25.1. The smallest absolute Gasteiger partial charge is 0.469 e. The second-order valence-corrected chi connectivity index (χ2v) is 9.76. The molecule has 4 rings (SSSR count). The highest BCUT2D eigenvalue weighted by Gasteiger charge is 2.20. The Morgan fingerprint density at radius 1 is 1.08 bits per heavy atom. The molecule has 0 saturated heterocycles. The fourth-order valence-corrected chi connectivity index (χ4v) is 4.19. The van der Waals surface area contributed by atoms with Crippen molar-refractivity contribution in [2.75, 3.05) is 13.2 Å². The van der Waals surface area contributed by atoms with Crippen molar-refractivity contribution >= 4 is 7.82 Å². The van der Waals surface area contributed by atoms with Crippen molar-refractivity contribution in [2.24, 2.45) is 5.73 Å². The number of aryl methyl sites for hydroxylation is 1. The number of aromatic amines is 1. The van der Waals surface area contributed by atoms with Crippen molar-refractivity contribution in [1.82, 2.24) is 9.97 Å². The molecule has 1 unspecified atom stereocenters. The van der Waals surface area contributed by atoms with Gasteiger partial charge in [0.25, 0.3) is 6.01 Å². The maximum atomic E-state index is 13.6. The first-order valence-electron chi connectivity index (χ1n) is 11.9. The molecule has 2 aromatic carbocycles. The van der Waals surface area contributed by atoms with Gasteiger partial charge in [-0.3, -0.25) is 4.52 Å². The van der Waals surface area contributed by atoms with Gasteiger partial charge in [0.2, 0.25) is 0 Å². The van der Waals surface area contributed by atoms with Gasteiger partial charge in [0.15, 0.2) is 0 Å². The van der Waals surface area contributed by atoms with E-state index < -0.39 is 26.5 Å². The highest BCUT2D eigenvalue weighted by Crippen LogP contribution is 2.37. The van der Waals surface area contributed by atoms with Gasteiger partial charge >= 0.3 is 7.82 Å². The second-order valence-electron chi connectivity index (χ2n) is 8.52. The van der Waals surface area contributed by atoms with Crippen molar-refractivity contribution in [2.45, 2.75) is 31.7 Å². The first-order chi connectivity index (χ1) is 17.8. The zero-order valence-corrected chi connectivity index (χ0v) is 20.9. The molecule has 9 nitrogen and oxygen atoms in total. The number of nitrogens with two attached hydrogens (primary N) is 1. The van der Waals surface area contributed by atoms with Crippen LogP contribution in [0.15, 0.2) is 71.3 Å². The van der Waals surface area contributed by atoms with E-state index in [1.165, 1.54) is 17.7 Å². The minimum absolute atomic E-state index is 0.296. The molecule has 0 saturated carbocycles. The number of furan rings is 1. The van der Waals surface area contributed by atoms with E-state index in [1.54, 1.807) is 18.3 Å². The van der Waals surface area contributed by atoms with E-state index in [1.807, 2.05) is 24.3 Å². The van der Waals surface area contributed by atoms with Crippen LogP contribution in [0.2, 0.25) is 0 Å². The van der Waals surface area contributed by atoms with E-state index >= 15 is 0 Å². The molecule has 4 aromatic rings. The van der Waals surface area contributed by atoms with Gasteiger partial charge in [-0.25, -0.2) is 9.55 Å². The minimum atomic E-state index is -4.64. The van der Waals surface area contributed by atoms with Gasteiger partial charge in [0, 0.05) is 17.8 Å². The van der Waals surface area contributed by atoms with E-state index in [4.69, 9.17) is 24.7 Å². The summed E-state index contributed by atoms with van der Waals surface area (Å²) < 4.78 is 40.3. The number of phosphoric acid groups is 1. The first kappa shape index (κ1) is 26.8. The van der Waals surface area contributed by atoms with Gasteiger partial charge in [-0.15, -0.1) is 0 Å². The highest BCUT2D eigenvalue weighted by atomic mass is 31.2. The van der Waals surface area contributed by atoms with E-state index in [2.05, 4.69) is 26.6 Å². The third-order valence-electron chi connectivity index (χ3n) is 5.70. The predicted molar refractivity (Wildman–Crippen MR) is 136 cm³/mol. The fourth-order valence-electron chi connectivity index (χ4n) is 3.83. The molecule has 0 bridgehead atoms. The molecule has 0 aliphatic carbocycles. The summed E-state index contributed by atoms with van der Waals surface area (Å²) in [5, 5.41) is 0. The fraction of sp³-hybridized carbons (Fsp3) is 0.269. The molecule has 0 spiro atoms. The quantitative estimate of drug-likeness (QED) is 0.134. The number of unbranched alkanes of at least 4 members (excludes halogenated alkanes) is 2. The van der Waals surface area contributed by atoms with Crippen molar-refractivity contribution in [3.8, 4) is 28.3 Å². The van der Waals surface area contributed by atoms with Crippen LogP contribution < -0.4 is 10.5 Å². The first-order valence-corrected chi connectivity index (χ1v) is 13.4. The zero-order chi connectivity index (χ0) is 26.3. The maximum Gasteiger partial charge on any atom is 0.469 e. The average molecular weight is 530 g/mol. The molecule has 196 valence electrons. The number of hydrogen-bond donors (Lipinski definition) is 4. The van der Waals surface area contributed by atoms with E-state index in [-0.39, 0.29) is 0 Å². The summed E-state index contributed by atoms with van der Waals surface area (Å²) in [5.74, 6) is 1.18. The number of rotatable bonds is 13. The Kier molecular flexibility index (Phi) is 8.91. The molecule has 0 aliphatic heterocycles. The lowest BCUT2D eigenvalue weighted by Crippen LogP contribution is -2.17. The summed E-state index contributed by atoms with van der Waals surface area (Å²) >= 11 is 0. The Bertz CT molecular complexity index is 1340. The van der Waals surface area contributed by atoms with Crippen molar-refractivity contribution < 1.29 is 32.4 Å². The van der Waals surface area contributed by atoms with Gasteiger partial charge in [-0.05, 0) is 55.5 Å². The van der Waals surface area contributed by atoms with Gasteiger partial charge in [0.05, 0.1) is 30.5 Å². The molecule has 0 radical (unpaired) electrons. The van der Waals surface area contributed by atoms with E-state index in [0.717, 1.165) is 25.7 Å². The van der Waals surface area contributed by atoms with Crippen LogP contribution in [0, 0.1) is 6.01 Å². The van der Waals surface area contributed by atoms with Gasteiger partial charge in [-0.2, -0.15) is 4.39 Å². The van der Waals surface area contributed by atoms with Crippen LogP contribution in [0.3, 0.4) is 0 Å². The van der Waals surface area contributed by atoms with Crippen molar-refractivity contribution in [3.05, 3.63) is 84.3 Å². The number of halogens is 1. The number of imidazole rings is 1. The molecular formula is C26H29FN3O6P. The van der Waals surface area contributed by atoms with Crippen LogP contribution in [-0.4, -0.2) is 33.0 Å². The lowest BCUT2D eigenvalue weighted by molar-refractivity contribution is 0.185. The summed E-state index contributed by atoms with van der Waals surface area (Å²) in [6.07, 6.45) is 5.58. The molecule has 1 atom stereocenters. The monoisotopic (exact) mass is 529 g/mol. The minimum Gasteiger partial charge on any atom is -0.493 e. The van der Waals surface area contributed by atoms with Crippen LogP contribution in [0.4, 0.5) is 4.39 Å². The zero-order valence-electron chi connectivity index (χ0n) is 20.0. The van der Waals surface area contributed by atoms with Crippen LogP contribution in [-0.2, 0) is 15.5 Å². The number of ether oxygens (including phenoxy) is 1. The number of phosphoric ester groups is 1. The Balaban J connectivity index is 1.42. The van der Waals surface area contributed by atoms with Gasteiger partial charge < -0.3 is 29.7 Å². The normalized spacial score (nSPS) is 12.5. The number of nitrogens with one attached hydrogen (secondary N) is 1. The molecule has 2 aromatic heterocycles. The maximum absolute atomic E-state index is 13.6. The summed E-state index contributed by atoms with van der Waals surface area (Å²) in [5.41, 5.74) is 9.03. The number of benzene rings is 2. The Morgan fingerprint density at radius 2 is 1.89 bits per heavy atom. The molecular weight excluding hydrogens is 500 g/mol. The molecule has 2 heterocycles.